The highest BCUT2D eigenvalue weighted by Gasteiger charge is 2.30. The topological polar surface area (TPSA) is 111 Å². The summed E-state index contributed by atoms with van der Waals surface area (Å²) in [5, 5.41) is 3.06. The van der Waals surface area contributed by atoms with Gasteiger partial charge in [0.1, 0.15) is 19.3 Å². The van der Waals surface area contributed by atoms with Crippen molar-refractivity contribution < 1.29 is 37.3 Å². The number of nitrogens with zero attached hydrogens (tertiary/aromatic N) is 1. The third-order valence-electron chi connectivity index (χ3n) is 14.7. The van der Waals surface area contributed by atoms with E-state index in [9.17, 15) is 19.0 Å². The quantitative estimate of drug-likeness (QED) is 0.0205. The summed E-state index contributed by atoms with van der Waals surface area (Å²) in [4.78, 5) is 37.7. The zero-order valence-electron chi connectivity index (χ0n) is 51.7. The maximum atomic E-state index is 13.5. The molecule has 10 heteroatoms. The molecule has 0 radical (unpaired) electrons. The summed E-state index contributed by atoms with van der Waals surface area (Å²) < 4.78 is 30.7. The van der Waals surface area contributed by atoms with E-state index in [1.165, 1.54) is 212 Å². The van der Waals surface area contributed by atoms with E-state index < -0.39 is 20.0 Å². The molecule has 0 aromatic carbocycles. The highest BCUT2D eigenvalue weighted by molar-refractivity contribution is 7.47. The first-order valence-corrected chi connectivity index (χ1v) is 34.5. The van der Waals surface area contributed by atoms with Crippen LogP contribution in [0.25, 0.3) is 0 Å². The van der Waals surface area contributed by atoms with Gasteiger partial charge in [0, 0.05) is 12.8 Å². The van der Waals surface area contributed by atoms with E-state index in [0.29, 0.717) is 23.9 Å². The summed E-state index contributed by atoms with van der Waals surface area (Å²) in [5.74, 6) is -0.501. The average Bonchev–Trinajstić information content (AvgIpc) is 3.39. The van der Waals surface area contributed by atoms with Crippen molar-refractivity contribution in [2.24, 2.45) is 0 Å². The first kappa shape index (κ1) is 75.0. The van der Waals surface area contributed by atoms with E-state index in [0.717, 1.165) is 70.6 Å². The molecule has 0 saturated carbocycles. The molecule has 0 fully saturated rings. The van der Waals surface area contributed by atoms with Crippen LogP contribution in [0, 0.1) is 0 Å². The first-order valence-electron chi connectivity index (χ1n) is 33.0. The number of unbranched alkanes of at least 4 members (excludes halogenated alkanes) is 38. The Bertz CT molecular complexity index is 1460. The number of carbonyl (C=O) groups excluding carboxylic acids is 2. The fourth-order valence-corrected chi connectivity index (χ4v) is 10.3. The number of allylic oxidation sites excluding steroid dienone is 7. The number of carbonyl (C=O) groups is 2. The number of phosphoric ester groups is 1. The monoisotopic (exact) mass is 1100 g/mol. The largest absolute Gasteiger partial charge is 0.472 e. The molecule has 0 heterocycles. The SMILES string of the molecule is CCCCC/C=C\C/C=C\CCCCCCCCCCCCCCCC(=O)OC(/C=C\CCCCCCCCCCC)C(COP(=O)(O)OCC[N+](C)(C)C)NC(=O)CCCCCCCCC/C=C/CCCCCCCC. The molecule has 0 aliphatic carbocycles. The van der Waals surface area contributed by atoms with E-state index >= 15 is 0 Å². The molecule has 452 valence electrons. The van der Waals surface area contributed by atoms with E-state index in [2.05, 4.69) is 62.5 Å². The lowest BCUT2D eigenvalue weighted by Gasteiger charge is -2.27. The van der Waals surface area contributed by atoms with Gasteiger partial charge in [0.15, 0.2) is 0 Å². The van der Waals surface area contributed by atoms with Crippen molar-refractivity contribution in [1.82, 2.24) is 5.32 Å². The summed E-state index contributed by atoms with van der Waals surface area (Å²) in [7, 11) is 1.50. The molecule has 0 spiro atoms. The van der Waals surface area contributed by atoms with Gasteiger partial charge in [0.05, 0.1) is 33.8 Å². The molecular weight excluding hydrogens is 976 g/mol. The van der Waals surface area contributed by atoms with Gasteiger partial charge in [0.25, 0.3) is 0 Å². The van der Waals surface area contributed by atoms with Crippen LogP contribution in [0.2, 0.25) is 0 Å². The minimum atomic E-state index is -4.45. The second-order valence-electron chi connectivity index (χ2n) is 23.6. The summed E-state index contributed by atoms with van der Waals surface area (Å²) >= 11 is 0. The number of likely N-dealkylation sites (N-methyl/N-ethyl adjacent to an activating group) is 1. The number of esters is 1. The van der Waals surface area contributed by atoms with Gasteiger partial charge < -0.3 is 19.4 Å². The number of nitrogens with one attached hydrogen (secondary N) is 1. The van der Waals surface area contributed by atoms with Gasteiger partial charge in [0.2, 0.25) is 5.91 Å². The molecule has 1 amide bonds. The van der Waals surface area contributed by atoms with E-state index in [4.69, 9.17) is 13.8 Å². The predicted molar refractivity (Wildman–Crippen MR) is 332 cm³/mol. The zero-order valence-corrected chi connectivity index (χ0v) is 52.6. The number of hydrogen-bond acceptors (Lipinski definition) is 6. The van der Waals surface area contributed by atoms with Crippen LogP contribution in [0.1, 0.15) is 316 Å². The molecule has 0 aliphatic heterocycles. The summed E-state index contributed by atoms with van der Waals surface area (Å²) in [6, 6.07) is -0.849. The lowest BCUT2D eigenvalue weighted by molar-refractivity contribution is -0.870. The highest BCUT2D eigenvalue weighted by Crippen LogP contribution is 2.43. The fourth-order valence-electron chi connectivity index (χ4n) is 9.61. The van der Waals surface area contributed by atoms with Crippen LogP contribution in [0.4, 0.5) is 0 Å². The third-order valence-corrected chi connectivity index (χ3v) is 15.7. The fraction of sp³-hybridized carbons (Fsp3) is 0.851. The number of phosphoric acid groups is 1. The van der Waals surface area contributed by atoms with Gasteiger partial charge in [-0.15, -0.1) is 0 Å². The molecular formula is C67H128N2O7P+. The Morgan fingerprint density at radius 3 is 1.21 bits per heavy atom. The second kappa shape index (κ2) is 57.2. The van der Waals surface area contributed by atoms with Crippen molar-refractivity contribution in [2.45, 2.75) is 328 Å². The Hall–Kier alpha value is -2.03. The molecule has 0 aromatic rings. The maximum absolute atomic E-state index is 13.5. The molecule has 9 nitrogen and oxygen atoms in total. The molecule has 0 aromatic heterocycles. The van der Waals surface area contributed by atoms with Gasteiger partial charge in [-0.3, -0.25) is 18.6 Å². The number of hydrogen-bond donors (Lipinski definition) is 2. The van der Waals surface area contributed by atoms with Gasteiger partial charge in [-0.25, -0.2) is 4.57 Å². The van der Waals surface area contributed by atoms with E-state index in [-0.39, 0.29) is 25.1 Å². The predicted octanol–water partition coefficient (Wildman–Crippen LogP) is 20.5. The average molecular weight is 1100 g/mol. The number of quaternary nitrogens is 1. The molecule has 77 heavy (non-hydrogen) atoms. The smallest absolute Gasteiger partial charge is 0.456 e. The molecule has 0 rings (SSSR count). The van der Waals surface area contributed by atoms with Gasteiger partial charge in [-0.2, -0.15) is 0 Å². The zero-order chi connectivity index (χ0) is 56.4. The van der Waals surface area contributed by atoms with Crippen molar-refractivity contribution in [3.05, 3.63) is 48.6 Å². The van der Waals surface area contributed by atoms with Crippen LogP contribution in [-0.4, -0.2) is 74.3 Å². The molecule has 0 aliphatic rings. The van der Waals surface area contributed by atoms with Gasteiger partial charge >= 0.3 is 13.8 Å². The second-order valence-corrected chi connectivity index (χ2v) is 25.1. The molecule has 0 saturated heterocycles. The van der Waals surface area contributed by atoms with Crippen LogP contribution in [0.15, 0.2) is 48.6 Å². The maximum Gasteiger partial charge on any atom is 0.472 e. The Morgan fingerprint density at radius 1 is 0.455 bits per heavy atom. The number of rotatable bonds is 60. The third kappa shape index (κ3) is 58.4. The van der Waals surface area contributed by atoms with Crippen LogP contribution in [-0.2, 0) is 27.9 Å². The Kier molecular flexibility index (Phi) is 55.7. The van der Waals surface area contributed by atoms with Crippen LogP contribution < -0.4 is 5.32 Å². The Labute approximate surface area is 478 Å². The summed E-state index contributed by atoms with van der Waals surface area (Å²) in [6.45, 7) is 7.01. The number of ether oxygens (including phenoxy) is 1. The highest BCUT2D eigenvalue weighted by atomic mass is 31.2. The van der Waals surface area contributed by atoms with E-state index in [1.807, 2.05) is 33.3 Å². The Balaban J connectivity index is 5.10. The summed E-state index contributed by atoms with van der Waals surface area (Å²) in [6.07, 6.45) is 71.1. The van der Waals surface area contributed by atoms with Crippen molar-refractivity contribution in [2.75, 3.05) is 40.9 Å². The van der Waals surface area contributed by atoms with Crippen molar-refractivity contribution >= 4 is 19.7 Å². The standard InChI is InChI=1S/C67H127N2O7P/c1-7-10-13-16-19-22-25-27-29-31-32-33-34-35-36-38-40-42-45-48-51-54-57-60-67(71)76-65(58-55-52-49-46-43-24-21-18-15-12-9-3)64(63-75-77(72,73)74-62-61-69(4,5)6)68-66(70)59-56-53-50-47-44-41-39-37-30-28-26-23-20-17-14-11-8-2/h19,22,27-30,55,58,64-65H,7-18,20-21,23-26,31-54,56-57,59-63H2,1-6H3,(H-,68,70,72,73)/p+1/b22-19-,29-27-,30-28+,58-55-. The normalized spacial score (nSPS) is 13.9. The van der Waals surface area contributed by atoms with Crippen LogP contribution >= 0.6 is 7.82 Å². The van der Waals surface area contributed by atoms with Crippen LogP contribution in [0.5, 0.6) is 0 Å². The minimum absolute atomic E-state index is 0.0402. The van der Waals surface area contributed by atoms with Crippen LogP contribution in [0.3, 0.4) is 0 Å². The number of amides is 1. The van der Waals surface area contributed by atoms with Gasteiger partial charge in [-0.05, 0) is 89.5 Å². The van der Waals surface area contributed by atoms with Crippen molar-refractivity contribution in [3.63, 3.8) is 0 Å². The lowest BCUT2D eigenvalue weighted by Crippen LogP contribution is -2.47. The lowest BCUT2D eigenvalue weighted by atomic mass is 10.0. The van der Waals surface area contributed by atoms with Crippen molar-refractivity contribution in [3.8, 4) is 0 Å². The molecule has 3 atom stereocenters. The molecule has 0 bridgehead atoms. The van der Waals surface area contributed by atoms with E-state index in [1.54, 1.807) is 0 Å². The minimum Gasteiger partial charge on any atom is -0.456 e. The summed E-state index contributed by atoms with van der Waals surface area (Å²) in [5.41, 5.74) is 0. The first-order chi connectivity index (χ1) is 37.4. The van der Waals surface area contributed by atoms with Gasteiger partial charge in [-0.1, -0.05) is 262 Å². The Morgan fingerprint density at radius 2 is 0.792 bits per heavy atom. The van der Waals surface area contributed by atoms with Crippen molar-refractivity contribution in [1.29, 1.82) is 0 Å². The molecule has 3 unspecified atom stereocenters. The molecule has 2 N–H and O–H groups in total.